The van der Waals surface area contributed by atoms with Crippen LogP contribution in [0.25, 0.3) is 0 Å². The second kappa shape index (κ2) is 6.49. The van der Waals surface area contributed by atoms with Gasteiger partial charge in [-0.1, -0.05) is 0 Å². The second-order valence-corrected chi connectivity index (χ2v) is 6.97. The number of amides is 1. The van der Waals surface area contributed by atoms with E-state index >= 15 is 0 Å². The van der Waals surface area contributed by atoms with Gasteiger partial charge >= 0.3 is 0 Å². The maximum absolute atomic E-state index is 12.7. The lowest BCUT2D eigenvalue weighted by Gasteiger charge is -2.31. The number of piperidine rings is 2. The molecule has 0 radical (unpaired) electrons. The average molecular weight is 314 g/mol. The largest absolute Gasteiger partial charge is 0.382 e. The minimum Gasteiger partial charge on any atom is -0.382 e. The standard InChI is InChI=1S/C18H26N4O/c23-18-17-4-3-15(21-14-5-8-19-9-6-14)10-13(17)12-22(18)16-2-1-7-20-11-16/h3-4,10,14,16,19-21H,1-2,5-9,11-12H2. The lowest BCUT2D eigenvalue weighted by Crippen LogP contribution is -2.46. The summed E-state index contributed by atoms with van der Waals surface area (Å²) in [5, 5.41) is 10.4. The molecular formula is C18H26N4O. The van der Waals surface area contributed by atoms with Gasteiger partial charge in [0.15, 0.2) is 0 Å². The van der Waals surface area contributed by atoms with Crippen molar-refractivity contribution in [2.45, 2.75) is 44.3 Å². The zero-order chi connectivity index (χ0) is 15.6. The van der Waals surface area contributed by atoms with Crippen LogP contribution in [0.2, 0.25) is 0 Å². The van der Waals surface area contributed by atoms with Crippen molar-refractivity contribution in [1.82, 2.24) is 15.5 Å². The predicted molar refractivity (Wildman–Crippen MR) is 91.7 cm³/mol. The van der Waals surface area contributed by atoms with Crippen molar-refractivity contribution >= 4 is 11.6 Å². The Labute approximate surface area is 137 Å². The number of carbonyl (C=O) groups is 1. The Morgan fingerprint density at radius 3 is 2.74 bits per heavy atom. The Morgan fingerprint density at radius 1 is 1.09 bits per heavy atom. The van der Waals surface area contributed by atoms with E-state index in [1.54, 1.807) is 0 Å². The van der Waals surface area contributed by atoms with Crippen LogP contribution in [-0.2, 0) is 6.54 Å². The first-order valence-corrected chi connectivity index (χ1v) is 8.93. The van der Waals surface area contributed by atoms with Gasteiger partial charge < -0.3 is 20.9 Å². The topological polar surface area (TPSA) is 56.4 Å². The Balaban J connectivity index is 1.47. The van der Waals surface area contributed by atoms with Crippen molar-refractivity contribution in [2.24, 2.45) is 0 Å². The first-order chi connectivity index (χ1) is 11.3. The molecule has 0 saturated carbocycles. The highest BCUT2D eigenvalue weighted by molar-refractivity contribution is 5.99. The molecule has 0 spiro atoms. The Morgan fingerprint density at radius 2 is 1.96 bits per heavy atom. The van der Waals surface area contributed by atoms with Crippen LogP contribution in [0, 0.1) is 0 Å². The van der Waals surface area contributed by atoms with Crippen molar-refractivity contribution in [3.63, 3.8) is 0 Å². The molecule has 3 aliphatic heterocycles. The molecule has 1 atom stereocenters. The average Bonchev–Trinajstić information content (AvgIpc) is 2.93. The number of rotatable bonds is 3. The number of benzene rings is 1. The molecule has 5 heteroatoms. The van der Waals surface area contributed by atoms with Crippen LogP contribution in [0.5, 0.6) is 0 Å². The van der Waals surface area contributed by atoms with E-state index in [1.165, 1.54) is 5.56 Å². The fraction of sp³-hybridized carbons (Fsp3) is 0.611. The number of fused-ring (bicyclic) bond motifs is 1. The molecule has 3 N–H and O–H groups in total. The summed E-state index contributed by atoms with van der Waals surface area (Å²) >= 11 is 0. The molecule has 3 aliphatic rings. The minimum atomic E-state index is 0.210. The van der Waals surface area contributed by atoms with Crippen LogP contribution in [0.4, 0.5) is 5.69 Å². The Kier molecular flexibility index (Phi) is 4.23. The highest BCUT2D eigenvalue weighted by Crippen LogP contribution is 2.29. The van der Waals surface area contributed by atoms with Crippen LogP contribution < -0.4 is 16.0 Å². The van der Waals surface area contributed by atoms with Gasteiger partial charge in [0.2, 0.25) is 0 Å². The lowest BCUT2D eigenvalue weighted by molar-refractivity contribution is 0.0674. The zero-order valence-electron chi connectivity index (χ0n) is 13.6. The molecule has 0 aromatic heterocycles. The maximum Gasteiger partial charge on any atom is 0.254 e. The van der Waals surface area contributed by atoms with E-state index in [2.05, 4.69) is 33.0 Å². The Bertz CT molecular complexity index is 576. The fourth-order valence-electron chi connectivity index (χ4n) is 4.03. The molecular weight excluding hydrogens is 288 g/mol. The predicted octanol–water partition coefficient (Wildman–Crippen LogP) is 1.56. The first kappa shape index (κ1) is 15.0. The Hall–Kier alpha value is -1.59. The third-order valence-electron chi connectivity index (χ3n) is 5.36. The lowest BCUT2D eigenvalue weighted by atomic mass is 10.0. The molecule has 2 saturated heterocycles. The van der Waals surface area contributed by atoms with Gasteiger partial charge in [-0.2, -0.15) is 0 Å². The first-order valence-electron chi connectivity index (χ1n) is 8.93. The molecule has 3 heterocycles. The van der Waals surface area contributed by atoms with Gasteiger partial charge in [-0.05, 0) is 69.1 Å². The normalized spacial score (nSPS) is 25.5. The van der Waals surface area contributed by atoms with E-state index < -0.39 is 0 Å². The number of nitrogens with one attached hydrogen (secondary N) is 3. The molecule has 5 nitrogen and oxygen atoms in total. The molecule has 1 aromatic carbocycles. The molecule has 0 aliphatic carbocycles. The van der Waals surface area contributed by atoms with Crippen LogP contribution in [0.1, 0.15) is 41.6 Å². The van der Waals surface area contributed by atoms with Crippen LogP contribution in [-0.4, -0.2) is 49.1 Å². The monoisotopic (exact) mass is 314 g/mol. The summed E-state index contributed by atoms with van der Waals surface area (Å²) in [4.78, 5) is 14.7. The third-order valence-corrected chi connectivity index (χ3v) is 5.36. The molecule has 1 aromatic rings. The highest BCUT2D eigenvalue weighted by atomic mass is 16.2. The summed E-state index contributed by atoms with van der Waals surface area (Å²) in [6.45, 7) is 4.95. The summed E-state index contributed by atoms with van der Waals surface area (Å²) in [7, 11) is 0. The van der Waals surface area contributed by atoms with Gasteiger partial charge in [-0.3, -0.25) is 4.79 Å². The van der Waals surface area contributed by atoms with Crippen molar-refractivity contribution in [1.29, 1.82) is 0 Å². The SMILES string of the molecule is O=C1c2ccc(NC3CCNCC3)cc2CN1C1CCCNC1. The quantitative estimate of drug-likeness (QED) is 0.792. The molecule has 23 heavy (non-hydrogen) atoms. The molecule has 0 bridgehead atoms. The fourth-order valence-corrected chi connectivity index (χ4v) is 4.03. The number of hydrogen-bond donors (Lipinski definition) is 3. The molecule has 1 amide bonds. The molecule has 124 valence electrons. The molecule has 4 rings (SSSR count). The van der Waals surface area contributed by atoms with Crippen LogP contribution in [0.3, 0.4) is 0 Å². The van der Waals surface area contributed by atoms with E-state index in [1.807, 2.05) is 6.07 Å². The van der Waals surface area contributed by atoms with Crippen molar-refractivity contribution < 1.29 is 4.79 Å². The molecule has 2 fully saturated rings. The van der Waals surface area contributed by atoms with Crippen LogP contribution in [0.15, 0.2) is 18.2 Å². The van der Waals surface area contributed by atoms with E-state index in [4.69, 9.17) is 0 Å². The number of carbonyl (C=O) groups excluding carboxylic acids is 1. The van der Waals surface area contributed by atoms with Gasteiger partial charge in [-0.15, -0.1) is 0 Å². The van der Waals surface area contributed by atoms with Gasteiger partial charge in [-0.25, -0.2) is 0 Å². The maximum atomic E-state index is 12.7. The number of hydrogen-bond acceptors (Lipinski definition) is 4. The van der Waals surface area contributed by atoms with Gasteiger partial charge in [0.25, 0.3) is 5.91 Å². The summed E-state index contributed by atoms with van der Waals surface area (Å²) in [6, 6.07) is 7.17. The van der Waals surface area contributed by atoms with E-state index in [0.717, 1.165) is 69.7 Å². The minimum absolute atomic E-state index is 0.210. The second-order valence-electron chi connectivity index (χ2n) is 6.97. The third kappa shape index (κ3) is 3.08. The van der Waals surface area contributed by atoms with Crippen LogP contribution >= 0.6 is 0 Å². The van der Waals surface area contributed by atoms with Gasteiger partial charge in [0.1, 0.15) is 0 Å². The van der Waals surface area contributed by atoms with Gasteiger partial charge in [0, 0.05) is 36.4 Å². The van der Waals surface area contributed by atoms with E-state index in [0.29, 0.717) is 12.1 Å². The zero-order valence-corrected chi connectivity index (χ0v) is 13.6. The van der Waals surface area contributed by atoms with E-state index in [9.17, 15) is 4.79 Å². The van der Waals surface area contributed by atoms with Crippen molar-refractivity contribution in [3.05, 3.63) is 29.3 Å². The van der Waals surface area contributed by atoms with Gasteiger partial charge in [0.05, 0.1) is 0 Å². The van der Waals surface area contributed by atoms with Crippen molar-refractivity contribution in [2.75, 3.05) is 31.5 Å². The number of anilines is 1. The van der Waals surface area contributed by atoms with E-state index in [-0.39, 0.29) is 5.91 Å². The smallest absolute Gasteiger partial charge is 0.254 e. The summed E-state index contributed by atoms with van der Waals surface area (Å²) in [5.74, 6) is 0.210. The molecule has 1 unspecified atom stereocenters. The highest BCUT2D eigenvalue weighted by Gasteiger charge is 2.33. The summed E-state index contributed by atoms with van der Waals surface area (Å²) < 4.78 is 0. The number of nitrogens with zero attached hydrogens (tertiary/aromatic N) is 1. The van der Waals surface area contributed by atoms with Crippen molar-refractivity contribution in [3.8, 4) is 0 Å². The summed E-state index contributed by atoms with van der Waals surface area (Å²) in [5.41, 5.74) is 3.23. The summed E-state index contributed by atoms with van der Waals surface area (Å²) in [6.07, 6.45) is 4.60.